The minimum Gasteiger partial charge on any atom is -0.269 e. The largest absolute Gasteiger partial charge is 0.357 e. The Hall–Kier alpha value is -1.74. The highest BCUT2D eigenvalue weighted by atomic mass is 32.2. The predicted octanol–water partition coefficient (Wildman–Crippen LogP) is 4.32. The Morgan fingerprint density at radius 1 is 1.22 bits per heavy atom. The fraction of sp³-hybridized carbons (Fsp3) is 0.133. The van der Waals surface area contributed by atoms with Crippen molar-refractivity contribution in [3.8, 4) is 21.1 Å². The molecule has 23 heavy (non-hydrogen) atoms. The SMILES string of the molecule is CCc1c(NS(=O)(=O)O)cccc1-c1csc(-c2cccs2)n1. The van der Waals surface area contributed by atoms with E-state index in [-0.39, 0.29) is 0 Å². The molecule has 8 heteroatoms. The van der Waals surface area contributed by atoms with E-state index < -0.39 is 10.3 Å². The van der Waals surface area contributed by atoms with E-state index in [1.807, 2.05) is 35.9 Å². The van der Waals surface area contributed by atoms with E-state index in [1.165, 1.54) is 0 Å². The van der Waals surface area contributed by atoms with Crippen LogP contribution in [0.2, 0.25) is 0 Å². The summed E-state index contributed by atoms with van der Waals surface area (Å²) in [6, 6.07) is 9.27. The molecule has 0 saturated carbocycles. The summed E-state index contributed by atoms with van der Waals surface area (Å²) in [6.45, 7) is 1.93. The van der Waals surface area contributed by atoms with E-state index in [9.17, 15) is 8.42 Å². The van der Waals surface area contributed by atoms with Crippen LogP contribution in [0.3, 0.4) is 0 Å². The molecular weight excluding hydrogens is 352 g/mol. The molecule has 3 rings (SSSR count). The molecule has 0 fully saturated rings. The first kappa shape index (κ1) is 16.1. The molecule has 2 aromatic heterocycles. The molecule has 5 nitrogen and oxygen atoms in total. The fourth-order valence-electron chi connectivity index (χ4n) is 2.35. The molecule has 1 aromatic carbocycles. The first-order valence-electron chi connectivity index (χ1n) is 6.85. The Morgan fingerprint density at radius 3 is 2.70 bits per heavy atom. The molecule has 2 heterocycles. The molecule has 0 radical (unpaired) electrons. The Balaban J connectivity index is 2.04. The van der Waals surface area contributed by atoms with Crippen LogP contribution in [0, 0.1) is 0 Å². The monoisotopic (exact) mass is 366 g/mol. The lowest BCUT2D eigenvalue weighted by Crippen LogP contribution is -2.12. The number of nitrogens with one attached hydrogen (secondary N) is 1. The maximum atomic E-state index is 11.1. The van der Waals surface area contributed by atoms with Crippen molar-refractivity contribution in [2.24, 2.45) is 0 Å². The van der Waals surface area contributed by atoms with Gasteiger partial charge in [-0.1, -0.05) is 25.1 Å². The zero-order valence-corrected chi connectivity index (χ0v) is 14.6. The van der Waals surface area contributed by atoms with Gasteiger partial charge in [-0.2, -0.15) is 8.42 Å². The Bertz CT molecular complexity index is 915. The number of rotatable bonds is 5. The van der Waals surface area contributed by atoms with E-state index in [1.54, 1.807) is 34.8 Å². The van der Waals surface area contributed by atoms with E-state index in [4.69, 9.17) is 4.55 Å². The minimum atomic E-state index is -4.31. The maximum Gasteiger partial charge on any atom is 0.357 e. The van der Waals surface area contributed by atoms with Crippen molar-refractivity contribution in [2.45, 2.75) is 13.3 Å². The quantitative estimate of drug-likeness (QED) is 0.659. The van der Waals surface area contributed by atoms with E-state index in [0.29, 0.717) is 12.1 Å². The van der Waals surface area contributed by atoms with Gasteiger partial charge in [0.1, 0.15) is 5.01 Å². The van der Waals surface area contributed by atoms with Crippen molar-refractivity contribution in [2.75, 3.05) is 4.72 Å². The number of hydrogen-bond acceptors (Lipinski definition) is 5. The van der Waals surface area contributed by atoms with Crippen molar-refractivity contribution >= 4 is 38.7 Å². The maximum absolute atomic E-state index is 11.1. The molecule has 120 valence electrons. The van der Waals surface area contributed by atoms with Gasteiger partial charge in [-0.05, 0) is 29.5 Å². The van der Waals surface area contributed by atoms with Gasteiger partial charge < -0.3 is 0 Å². The van der Waals surface area contributed by atoms with Gasteiger partial charge >= 0.3 is 10.3 Å². The second kappa shape index (κ2) is 6.40. The van der Waals surface area contributed by atoms with E-state index in [2.05, 4.69) is 9.71 Å². The second-order valence-electron chi connectivity index (χ2n) is 4.78. The highest BCUT2D eigenvalue weighted by Gasteiger charge is 2.15. The van der Waals surface area contributed by atoms with Gasteiger partial charge in [0.05, 0.1) is 16.3 Å². The highest BCUT2D eigenvalue weighted by molar-refractivity contribution is 7.87. The molecule has 0 amide bonds. The number of anilines is 1. The van der Waals surface area contributed by atoms with E-state index in [0.717, 1.165) is 26.7 Å². The van der Waals surface area contributed by atoms with Gasteiger partial charge in [-0.3, -0.25) is 9.27 Å². The van der Waals surface area contributed by atoms with Crippen LogP contribution >= 0.6 is 22.7 Å². The van der Waals surface area contributed by atoms with Crippen LogP contribution in [-0.2, 0) is 16.7 Å². The normalized spacial score (nSPS) is 11.6. The van der Waals surface area contributed by atoms with Gasteiger partial charge in [-0.25, -0.2) is 4.98 Å². The summed E-state index contributed by atoms with van der Waals surface area (Å²) < 4.78 is 33.4. The molecule has 0 aliphatic rings. The number of benzene rings is 1. The second-order valence-corrected chi connectivity index (χ2v) is 7.74. The average molecular weight is 366 g/mol. The summed E-state index contributed by atoms with van der Waals surface area (Å²) in [6.07, 6.45) is 0.611. The van der Waals surface area contributed by atoms with Crippen LogP contribution in [0.25, 0.3) is 21.1 Å². The van der Waals surface area contributed by atoms with Gasteiger partial charge in [-0.15, -0.1) is 22.7 Å². The summed E-state index contributed by atoms with van der Waals surface area (Å²) in [5.41, 5.74) is 2.83. The summed E-state index contributed by atoms with van der Waals surface area (Å²) in [4.78, 5) is 5.76. The zero-order chi connectivity index (χ0) is 16.4. The Kier molecular flexibility index (Phi) is 4.49. The van der Waals surface area contributed by atoms with Crippen LogP contribution in [0.5, 0.6) is 0 Å². The summed E-state index contributed by atoms with van der Waals surface area (Å²) >= 11 is 3.18. The van der Waals surface area contributed by atoms with Crippen LogP contribution in [-0.4, -0.2) is 18.0 Å². The van der Waals surface area contributed by atoms with Crippen molar-refractivity contribution in [3.63, 3.8) is 0 Å². The van der Waals surface area contributed by atoms with Crippen LogP contribution < -0.4 is 4.72 Å². The third kappa shape index (κ3) is 3.61. The lowest BCUT2D eigenvalue weighted by Gasteiger charge is -2.12. The lowest BCUT2D eigenvalue weighted by molar-refractivity contribution is 0.489. The molecule has 0 atom stereocenters. The van der Waals surface area contributed by atoms with Gasteiger partial charge in [0.15, 0.2) is 0 Å². The highest BCUT2D eigenvalue weighted by Crippen LogP contribution is 2.35. The van der Waals surface area contributed by atoms with Crippen molar-refractivity contribution < 1.29 is 13.0 Å². The third-order valence-corrected chi connectivity index (χ3v) is 5.64. The topological polar surface area (TPSA) is 79.3 Å². The summed E-state index contributed by atoms with van der Waals surface area (Å²) in [5, 5.41) is 4.90. The van der Waals surface area contributed by atoms with Crippen LogP contribution in [0.15, 0.2) is 41.1 Å². The molecule has 0 bridgehead atoms. The molecule has 0 unspecified atom stereocenters. The van der Waals surface area contributed by atoms with Crippen molar-refractivity contribution in [3.05, 3.63) is 46.7 Å². The van der Waals surface area contributed by atoms with Crippen LogP contribution in [0.4, 0.5) is 5.69 Å². The lowest BCUT2D eigenvalue weighted by atomic mass is 10.0. The van der Waals surface area contributed by atoms with Gasteiger partial charge in [0, 0.05) is 10.9 Å². The number of aromatic nitrogens is 1. The number of thiazole rings is 1. The van der Waals surface area contributed by atoms with Crippen molar-refractivity contribution in [1.29, 1.82) is 0 Å². The minimum absolute atomic E-state index is 0.373. The number of thiophene rings is 1. The Labute approximate surface area is 142 Å². The third-order valence-electron chi connectivity index (χ3n) is 3.28. The average Bonchev–Trinajstić information content (AvgIpc) is 3.16. The summed E-state index contributed by atoms with van der Waals surface area (Å²) in [5.74, 6) is 0. The molecule has 3 aromatic rings. The summed E-state index contributed by atoms with van der Waals surface area (Å²) in [7, 11) is -4.31. The van der Waals surface area contributed by atoms with E-state index >= 15 is 0 Å². The molecule has 0 aliphatic heterocycles. The smallest absolute Gasteiger partial charge is 0.269 e. The van der Waals surface area contributed by atoms with Crippen LogP contribution in [0.1, 0.15) is 12.5 Å². The first-order valence-corrected chi connectivity index (χ1v) is 10.0. The van der Waals surface area contributed by atoms with Gasteiger partial charge in [0.2, 0.25) is 0 Å². The first-order chi connectivity index (χ1) is 11.0. The van der Waals surface area contributed by atoms with Crippen molar-refractivity contribution in [1.82, 2.24) is 4.98 Å². The Morgan fingerprint density at radius 2 is 2.04 bits per heavy atom. The number of hydrogen-bond donors (Lipinski definition) is 2. The molecule has 2 N–H and O–H groups in total. The fourth-order valence-corrected chi connectivity index (χ4v) is 4.46. The molecular formula is C15H14N2O3S3. The molecule has 0 aliphatic carbocycles. The standard InChI is InChI=1S/C15H14N2O3S3/c1-2-10-11(5-3-6-12(10)17-23(18,19)20)13-9-22-15(16-13)14-7-4-8-21-14/h3-9,17H,2H2,1H3,(H,18,19,20). The predicted molar refractivity (Wildman–Crippen MR) is 95.4 cm³/mol. The molecule has 0 spiro atoms. The van der Waals surface area contributed by atoms with Gasteiger partial charge in [0.25, 0.3) is 0 Å². The zero-order valence-electron chi connectivity index (χ0n) is 12.2. The molecule has 0 saturated heterocycles. The number of nitrogens with zero attached hydrogens (tertiary/aromatic N) is 1.